The molecular formula is C19H16Cl2FN3O3. The van der Waals surface area contributed by atoms with E-state index >= 15 is 0 Å². The first-order valence-electron chi connectivity index (χ1n) is 8.36. The molecule has 0 spiro atoms. The van der Waals surface area contributed by atoms with E-state index < -0.39 is 29.2 Å². The van der Waals surface area contributed by atoms with E-state index in [1.165, 1.54) is 30.3 Å². The van der Waals surface area contributed by atoms with Crippen LogP contribution in [0.15, 0.2) is 42.5 Å². The summed E-state index contributed by atoms with van der Waals surface area (Å²) < 4.78 is 12.9. The summed E-state index contributed by atoms with van der Waals surface area (Å²) in [5, 5.41) is 5.86. The molecule has 6 nitrogen and oxygen atoms in total. The van der Waals surface area contributed by atoms with Crippen molar-refractivity contribution in [3.05, 3.63) is 63.9 Å². The van der Waals surface area contributed by atoms with E-state index in [2.05, 4.69) is 10.6 Å². The lowest BCUT2D eigenvalue weighted by atomic mass is 9.92. The third-order valence-corrected chi connectivity index (χ3v) is 4.98. The first kappa shape index (κ1) is 20.1. The van der Waals surface area contributed by atoms with Gasteiger partial charge in [0, 0.05) is 34.3 Å². The van der Waals surface area contributed by atoms with Gasteiger partial charge in [0.2, 0.25) is 5.91 Å². The van der Waals surface area contributed by atoms with Gasteiger partial charge in [-0.1, -0.05) is 29.3 Å². The van der Waals surface area contributed by atoms with Crippen LogP contribution in [0.25, 0.3) is 0 Å². The predicted molar refractivity (Wildman–Crippen MR) is 104 cm³/mol. The summed E-state index contributed by atoms with van der Waals surface area (Å²) >= 11 is 12.1. The molecule has 0 aliphatic carbocycles. The van der Waals surface area contributed by atoms with Crippen LogP contribution < -0.4 is 10.6 Å². The summed E-state index contributed by atoms with van der Waals surface area (Å²) in [4.78, 5) is 38.2. The van der Waals surface area contributed by atoms with Gasteiger partial charge in [0.05, 0.1) is 0 Å². The van der Waals surface area contributed by atoms with Crippen molar-refractivity contribution in [3.63, 3.8) is 0 Å². The maximum absolute atomic E-state index is 12.9. The molecule has 146 valence electrons. The average molecular weight is 424 g/mol. The molecule has 0 saturated carbocycles. The fraction of sp³-hybridized carbons (Fsp3) is 0.211. The monoisotopic (exact) mass is 423 g/mol. The normalized spacial score (nSPS) is 18.9. The van der Waals surface area contributed by atoms with Gasteiger partial charge < -0.3 is 10.6 Å². The van der Waals surface area contributed by atoms with Gasteiger partial charge in [0.1, 0.15) is 11.4 Å². The fourth-order valence-corrected chi connectivity index (χ4v) is 3.55. The zero-order chi connectivity index (χ0) is 20.5. The molecule has 1 heterocycles. The minimum atomic E-state index is -1.35. The predicted octanol–water partition coefficient (Wildman–Crippen LogP) is 3.93. The quantitative estimate of drug-likeness (QED) is 0.715. The van der Waals surface area contributed by atoms with E-state index in [1.807, 2.05) is 0 Å². The lowest BCUT2D eigenvalue weighted by Gasteiger charge is -2.23. The summed E-state index contributed by atoms with van der Waals surface area (Å²) in [7, 11) is 0. The van der Waals surface area contributed by atoms with Gasteiger partial charge in [-0.05, 0) is 43.3 Å². The van der Waals surface area contributed by atoms with Crippen molar-refractivity contribution in [1.82, 2.24) is 10.2 Å². The maximum atomic E-state index is 12.9. The van der Waals surface area contributed by atoms with Gasteiger partial charge >= 0.3 is 6.03 Å². The smallest absolute Gasteiger partial charge is 0.325 e. The maximum Gasteiger partial charge on any atom is 0.325 e. The van der Waals surface area contributed by atoms with E-state index in [1.54, 1.807) is 19.1 Å². The van der Waals surface area contributed by atoms with Crippen LogP contribution in [0.2, 0.25) is 10.0 Å². The Labute approximate surface area is 170 Å². The molecule has 0 radical (unpaired) electrons. The lowest BCUT2D eigenvalue weighted by molar-refractivity contribution is -0.131. The van der Waals surface area contributed by atoms with Crippen LogP contribution in [0.3, 0.4) is 0 Å². The summed E-state index contributed by atoms with van der Waals surface area (Å²) in [6, 6.07) is 9.29. The van der Waals surface area contributed by atoms with Gasteiger partial charge in [-0.15, -0.1) is 0 Å². The SMILES string of the molecule is C[C@]1(c2ccc(Cl)cc2Cl)NC(=O)N(CCC(=O)Nc2ccc(F)cc2)C1=O. The van der Waals surface area contributed by atoms with E-state index in [0.29, 0.717) is 16.3 Å². The Hall–Kier alpha value is -2.64. The molecule has 4 amide bonds. The number of imide groups is 1. The molecule has 3 rings (SSSR count). The largest absolute Gasteiger partial charge is 0.326 e. The Morgan fingerprint density at radius 2 is 1.86 bits per heavy atom. The lowest BCUT2D eigenvalue weighted by Crippen LogP contribution is -2.41. The van der Waals surface area contributed by atoms with Crippen LogP contribution >= 0.6 is 23.2 Å². The molecule has 0 aromatic heterocycles. The number of hydrogen-bond donors (Lipinski definition) is 2. The second-order valence-electron chi connectivity index (χ2n) is 6.44. The van der Waals surface area contributed by atoms with Crippen LogP contribution in [-0.4, -0.2) is 29.3 Å². The number of anilines is 1. The number of nitrogens with one attached hydrogen (secondary N) is 2. The minimum absolute atomic E-state index is 0.110. The molecule has 1 aliphatic rings. The third-order valence-electron chi connectivity index (χ3n) is 4.44. The Balaban J connectivity index is 1.68. The number of carbonyl (C=O) groups is 3. The second-order valence-corrected chi connectivity index (χ2v) is 7.28. The second kappa shape index (κ2) is 7.77. The van der Waals surface area contributed by atoms with Crippen molar-refractivity contribution in [2.45, 2.75) is 18.9 Å². The number of carbonyl (C=O) groups excluding carboxylic acids is 3. The molecule has 2 aromatic rings. The van der Waals surface area contributed by atoms with Crippen LogP contribution in [-0.2, 0) is 15.1 Å². The zero-order valence-corrected chi connectivity index (χ0v) is 16.3. The number of nitrogens with zero attached hydrogens (tertiary/aromatic N) is 1. The van der Waals surface area contributed by atoms with Gasteiger partial charge in [-0.3, -0.25) is 14.5 Å². The highest BCUT2D eigenvalue weighted by atomic mass is 35.5. The molecule has 2 aromatic carbocycles. The van der Waals surface area contributed by atoms with Gasteiger partial charge in [-0.2, -0.15) is 0 Å². The number of urea groups is 1. The van der Waals surface area contributed by atoms with Crippen LogP contribution in [0.4, 0.5) is 14.9 Å². The van der Waals surface area contributed by atoms with Crippen molar-refractivity contribution in [2.24, 2.45) is 0 Å². The molecule has 28 heavy (non-hydrogen) atoms. The highest BCUT2D eigenvalue weighted by Crippen LogP contribution is 2.35. The van der Waals surface area contributed by atoms with Crippen molar-refractivity contribution < 1.29 is 18.8 Å². The Kier molecular flexibility index (Phi) is 5.58. The molecule has 1 atom stereocenters. The first-order valence-corrected chi connectivity index (χ1v) is 9.11. The Bertz CT molecular complexity index is 952. The summed E-state index contributed by atoms with van der Waals surface area (Å²) in [5.74, 6) is -1.35. The van der Waals surface area contributed by atoms with Crippen LogP contribution in [0.5, 0.6) is 0 Å². The molecule has 1 saturated heterocycles. The number of amides is 4. The summed E-state index contributed by atoms with van der Waals surface area (Å²) in [6.45, 7) is 1.43. The van der Waals surface area contributed by atoms with Crippen LogP contribution in [0.1, 0.15) is 18.9 Å². The molecular weight excluding hydrogens is 408 g/mol. The number of benzene rings is 2. The van der Waals surface area contributed by atoms with Crippen molar-refractivity contribution in [2.75, 3.05) is 11.9 Å². The highest BCUT2D eigenvalue weighted by molar-refractivity contribution is 6.35. The van der Waals surface area contributed by atoms with Crippen molar-refractivity contribution in [3.8, 4) is 0 Å². The van der Waals surface area contributed by atoms with Gasteiger partial charge in [-0.25, -0.2) is 9.18 Å². The van der Waals surface area contributed by atoms with Gasteiger partial charge in [0.15, 0.2) is 0 Å². The standard InChI is InChI=1S/C19H16Cl2FN3O3/c1-19(14-7-2-11(20)10-15(14)21)17(27)25(18(28)24-19)9-8-16(26)23-13-5-3-12(22)4-6-13/h2-7,10H,8-9H2,1H3,(H,23,26)(H,24,28)/t19-/m1/s1. The Morgan fingerprint density at radius 3 is 2.50 bits per heavy atom. The highest BCUT2D eigenvalue weighted by Gasteiger charge is 2.49. The molecule has 1 aliphatic heterocycles. The number of hydrogen-bond acceptors (Lipinski definition) is 3. The van der Waals surface area contributed by atoms with E-state index in [-0.39, 0.29) is 18.0 Å². The van der Waals surface area contributed by atoms with Gasteiger partial charge in [0.25, 0.3) is 5.91 Å². The molecule has 0 unspecified atom stereocenters. The van der Waals surface area contributed by atoms with Crippen molar-refractivity contribution in [1.29, 1.82) is 0 Å². The minimum Gasteiger partial charge on any atom is -0.326 e. The average Bonchev–Trinajstić information content (AvgIpc) is 2.84. The third kappa shape index (κ3) is 3.95. The van der Waals surface area contributed by atoms with E-state index in [0.717, 1.165) is 4.90 Å². The van der Waals surface area contributed by atoms with Crippen molar-refractivity contribution >= 4 is 46.7 Å². The van der Waals surface area contributed by atoms with E-state index in [9.17, 15) is 18.8 Å². The fourth-order valence-electron chi connectivity index (χ4n) is 2.95. The number of halogens is 3. The molecule has 2 N–H and O–H groups in total. The molecule has 9 heteroatoms. The zero-order valence-electron chi connectivity index (χ0n) is 14.8. The summed E-state index contributed by atoms with van der Waals surface area (Å²) in [6.07, 6.45) is -0.110. The molecule has 1 fully saturated rings. The topological polar surface area (TPSA) is 78.5 Å². The van der Waals surface area contributed by atoms with Crippen LogP contribution in [0, 0.1) is 5.82 Å². The first-order chi connectivity index (χ1) is 13.2. The molecule has 0 bridgehead atoms. The van der Waals surface area contributed by atoms with E-state index in [4.69, 9.17) is 23.2 Å². The Morgan fingerprint density at radius 1 is 1.18 bits per heavy atom. The number of rotatable bonds is 5. The summed E-state index contributed by atoms with van der Waals surface area (Å²) in [5.41, 5.74) is -0.525.